The molecule has 3 aromatic rings. The number of hydrogen-bond donors (Lipinski definition) is 0. The smallest absolute Gasteiger partial charge is 0.318 e. The molecule has 0 aliphatic carbocycles. The maximum atomic E-state index is 13.9. The van der Waals surface area contributed by atoms with Gasteiger partial charge in [0.05, 0.1) is 42.4 Å². The highest BCUT2D eigenvalue weighted by Crippen LogP contribution is 2.38. The first kappa shape index (κ1) is 32.0. The van der Waals surface area contributed by atoms with Gasteiger partial charge in [0.15, 0.2) is 5.83 Å². The topological polar surface area (TPSA) is 98.1 Å². The van der Waals surface area contributed by atoms with E-state index in [1.54, 1.807) is 0 Å². The number of carbonyl (C=O) groups is 1. The lowest BCUT2D eigenvalue weighted by molar-refractivity contribution is -0.131. The van der Waals surface area contributed by atoms with Gasteiger partial charge in [0.1, 0.15) is 12.4 Å². The lowest BCUT2D eigenvalue weighted by Crippen LogP contribution is -2.55. The maximum absolute atomic E-state index is 13.9. The number of fused-ring (bicyclic) bond motifs is 2. The molecule has 0 radical (unpaired) electrons. The zero-order valence-corrected chi connectivity index (χ0v) is 27.1. The van der Waals surface area contributed by atoms with Crippen molar-refractivity contribution in [3.8, 4) is 12.1 Å². The van der Waals surface area contributed by atoms with Crippen LogP contribution in [0.15, 0.2) is 48.8 Å². The molecule has 46 heavy (non-hydrogen) atoms. The van der Waals surface area contributed by atoms with Crippen LogP contribution in [0.25, 0.3) is 10.8 Å². The van der Waals surface area contributed by atoms with Gasteiger partial charge in [-0.15, -0.1) is 0 Å². The molecule has 12 heteroatoms. The Morgan fingerprint density at radius 2 is 2.02 bits per heavy atom. The zero-order chi connectivity index (χ0) is 32.4. The number of carbonyl (C=O) groups excluding carboxylic acids is 1. The first-order valence-corrected chi connectivity index (χ1v) is 16.0. The van der Waals surface area contributed by atoms with E-state index in [0.717, 1.165) is 53.0 Å². The summed E-state index contributed by atoms with van der Waals surface area (Å²) in [7, 11) is 4.09. The van der Waals surface area contributed by atoms with Crippen molar-refractivity contribution in [3.63, 3.8) is 0 Å². The molecule has 0 bridgehead atoms. The van der Waals surface area contributed by atoms with Crippen LogP contribution in [0, 0.1) is 16.7 Å². The van der Waals surface area contributed by atoms with Crippen LogP contribution in [0.1, 0.15) is 24.1 Å². The normalized spacial score (nSPS) is 21.4. The van der Waals surface area contributed by atoms with Gasteiger partial charge < -0.3 is 29.1 Å². The highest BCUT2D eigenvalue weighted by atomic mass is 35.5. The second-order valence-electron chi connectivity index (χ2n) is 12.7. The molecule has 1 amide bonds. The van der Waals surface area contributed by atoms with E-state index in [4.69, 9.17) is 31.0 Å². The van der Waals surface area contributed by atoms with E-state index in [0.29, 0.717) is 50.9 Å². The number of ether oxygens (including phenoxy) is 2. The van der Waals surface area contributed by atoms with E-state index in [9.17, 15) is 14.4 Å². The lowest BCUT2D eigenvalue weighted by Gasteiger charge is -2.42. The monoisotopic (exact) mass is 647 g/mol. The molecule has 10 nitrogen and oxygen atoms in total. The fourth-order valence-electron chi connectivity index (χ4n) is 7.03. The Morgan fingerprint density at radius 3 is 2.74 bits per heavy atom. The summed E-state index contributed by atoms with van der Waals surface area (Å²) in [6.07, 6.45) is 1.62. The zero-order valence-electron chi connectivity index (χ0n) is 26.3. The van der Waals surface area contributed by atoms with Crippen molar-refractivity contribution >= 4 is 39.8 Å². The van der Waals surface area contributed by atoms with Crippen molar-refractivity contribution in [2.75, 3.05) is 76.4 Å². The summed E-state index contributed by atoms with van der Waals surface area (Å²) in [4.78, 5) is 30.4. The SMILES string of the molecule is C=C(F)C(=O)N1CCN(c2nc(OCC3(CN(C)C)CCOC3)nc3c2CCN(c2cccc4cccc(Cl)c24)C3)C[C@@H]1CC#N. The van der Waals surface area contributed by atoms with Crippen molar-refractivity contribution in [2.45, 2.75) is 31.8 Å². The van der Waals surface area contributed by atoms with Crippen LogP contribution < -0.4 is 14.5 Å². The number of hydrogen-bond acceptors (Lipinski definition) is 9. The summed E-state index contributed by atoms with van der Waals surface area (Å²) in [6, 6.07) is 14.0. The fourth-order valence-corrected chi connectivity index (χ4v) is 7.31. The van der Waals surface area contributed by atoms with Gasteiger partial charge in [0.25, 0.3) is 5.91 Å². The first-order chi connectivity index (χ1) is 22.2. The summed E-state index contributed by atoms with van der Waals surface area (Å²) >= 11 is 6.71. The van der Waals surface area contributed by atoms with Crippen molar-refractivity contribution in [1.29, 1.82) is 5.26 Å². The first-order valence-electron chi connectivity index (χ1n) is 15.6. The predicted molar refractivity (Wildman–Crippen MR) is 176 cm³/mol. The fraction of sp³-hybridized carbons (Fsp3) is 0.471. The quantitative estimate of drug-likeness (QED) is 0.309. The minimum absolute atomic E-state index is 0.0643. The van der Waals surface area contributed by atoms with Gasteiger partial charge in [0, 0.05) is 61.4 Å². The van der Waals surface area contributed by atoms with Crippen LogP contribution in [-0.4, -0.2) is 98.4 Å². The Labute approximate surface area is 273 Å². The van der Waals surface area contributed by atoms with E-state index in [-0.39, 0.29) is 24.4 Å². The number of aromatic nitrogens is 2. The van der Waals surface area contributed by atoms with Crippen molar-refractivity contribution in [1.82, 2.24) is 19.8 Å². The van der Waals surface area contributed by atoms with Gasteiger partial charge in [0.2, 0.25) is 0 Å². The molecule has 242 valence electrons. The molecule has 1 unspecified atom stereocenters. The van der Waals surface area contributed by atoms with Crippen LogP contribution in [0.3, 0.4) is 0 Å². The van der Waals surface area contributed by atoms with E-state index >= 15 is 0 Å². The van der Waals surface area contributed by atoms with E-state index in [2.05, 4.69) is 45.5 Å². The highest BCUT2D eigenvalue weighted by molar-refractivity contribution is 6.36. The highest BCUT2D eigenvalue weighted by Gasteiger charge is 2.38. The van der Waals surface area contributed by atoms with Crippen molar-refractivity contribution in [2.24, 2.45) is 5.41 Å². The van der Waals surface area contributed by atoms with Crippen molar-refractivity contribution in [3.05, 3.63) is 65.1 Å². The average Bonchev–Trinajstić information content (AvgIpc) is 3.50. The largest absolute Gasteiger partial charge is 0.463 e. The molecule has 4 heterocycles. The predicted octanol–water partition coefficient (Wildman–Crippen LogP) is 4.61. The third-order valence-corrected chi connectivity index (χ3v) is 9.46. The Bertz CT molecular complexity index is 1670. The Morgan fingerprint density at radius 1 is 1.22 bits per heavy atom. The summed E-state index contributed by atoms with van der Waals surface area (Å²) in [5.74, 6) is -1.07. The lowest BCUT2D eigenvalue weighted by atomic mass is 9.88. The molecule has 6 rings (SSSR count). The van der Waals surface area contributed by atoms with Gasteiger partial charge in [-0.2, -0.15) is 15.2 Å². The molecule has 0 saturated carbocycles. The Hall–Kier alpha value is -3.98. The molecular formula is C34H39ClFN7O3. The van der Waals surface area contributed by atoms with Crippen LogP contribution in [0.2, 0.25) is 5.02 Å². The third kappa shape index (κ3) is 6.47. The van der Waals surface area contributed by atoms with E-state index in [1.807, 2.05) is 32.3 Å². The van der Waals surface area contributed by atoms with Crippen LogP contribution in [0.5, 0.6) is 6.01 Å². The molecule has 2 saturated heterocycles. The molecule has 2 atom stereocenters. The van der Waals surface area contributed by atoms with Gasteiger partial charge in [-0.1, -0.05) is 42.4 Å². The number of anilines is 2. The molecule has 2 fully saturated rings. The Kier molecular flexibility index (Phi) is 9.32. The standard InChI is InChI=1S/C34H39ClFN7O3/c1-23(36)32(44)43-16-15-42(18-25(43)10-13-37)31-26-11-14-41(29-9-5-7-24-6-4-8-27(35)30(24)29)19-28(26)38-33(39-31)46-22-34(20-40(2)3)12-17-45-21-34/h4-9,25H,1,10-12,14-22H2,2-3H3/t25-,34?/m0/s1. The van der Waals surface area contributed by atoms with Gasteiger partial charge in [-0.05, 0) is 44.5 Å². The van der Waals surface area contributed by atoms with Crippen molar-refractivity contribution < 1.29 is 18.7 Å². The number of amides is 1. The van der Waals surface area contributed by atoms with Gasteiger partial charge >= 0.3 is 6.01 Å². The van der Waals surface area contributed by atoms with Crippen LogP contribution >= 0.6 is 11.6 Å². The average molecular weight is 648 g/mol. The number of piperazine rings is 1. The number of halogens is 2. The Balaban J connectivity index is 1.35. The second kappa shape index (κ2) is 13.4. The molecule has 0 spiro atoms. The molecule has 1 aromatic heterocycles. The number of nitriles is 1. The summed E-state index contributed by atoms with van der Waals surface area (Å²) in [6.45, 7) is 7.94. The summed E-state index contributed by atoms with van der Waals surface area (Å²) in [5, 5.41) is 12.3. The third-order valence-electron chi connectivity index (χ3n) is 9.14. The minimum atomic E-state index is -1.03. The number of nitrogens with zero attached hydrogens (tertiary/aromatic N) is 7. The summed E-state index contributed by atoms with van der Waals surface area (Å²) < 4.78 is 26.1. The number of rotatable bonds is 9. The van der Waals surface area contributed by atoms with E-state index in [1.165, 1.54) is 4.90 Å². The van der Waals surface area contributed by atoms with E-state index < -0.39 is 17.8 Å². The van der Waals surface area contributed by atoms with Gasteiger partial charge in [-0.25, -0.2) is 4.39 Å². The minimum Gasteiger partial charge on any atom is -0.463 e. The second-order valence-corrected chi connectivity index (χ2v) is 13.1. The molecular weight excluding hydrogens is 609 g/mol. The molecule has 0 N–H and O–H groups in total. The molecule has 2 aromatic carbocycles. The molecule has 3 aliphatic rings. The van der Waals surface area contributed by atoms with Crippen LogP contribution in [0.4, 0.5) is 15.9 Å². The van der Waals surface area contributed by atoms with Crippen LogP contribution in [-0.2, 0) is 22.5 Å². The van der Waals surface area contributed by atoms with Gasteiger partial charge in [-0.3, -0.25) is 4.79 Å². The number of benzene rings is 2. The summed E-state index contributed by atoms with van der Waals surface area (Å²) in [5.41, 5.74) is 2.73. The maximum Gasteiger partial charge on any atom is 0.318 e. The molecule has 3 aliphatic heterocycles.